The summed E-state index contributed by atoms with van der Waals surface area (Å²) in [7, 11) is 0. The lowest BCUT2D eigenvalue weighted by Gasteiger charge is -2.10. The molecule has 0 saturated heterocycles. The van der Waals surface area contributed by atoms with Crippen LogP contribution in [0.1, 0.15) is 32.3 Å². The summed E-state index contributed by atoms with van der Waals surface area (Å²) in [6.07, 6.45) is 6.22. The molecule has 2 aromatic heterocycles. The van der Waals surface area contributed by atoms with Gasteiger partial charge in [-0.1, -0.05) is 13.3 Å². The first-order valence-corrected chi connectivity index (χ1v) is 6.32. The average Bonchev–Trinajstić information content (AvgIpc) is 2.75. The van der Waals surface area contributed by atoms with Crippen molar-refractivity contribution >= 4 is 16.7 Å². The fraction of sp³-hybridized carbons (Fsp3) is 0.538. The lowest BCUT2D eigenvalue weighted by atomic mass is 10.2. The minimum absolute atomic E-state index is 0.855. The maximum atomic E-state index is 4.46. The van der Waals surface area contributed by atoms with E-state index in [1.165, 1.54) is 24.1 Å². The number of nitrogens with one attached hydrogen (secondary N) is 1. The van der Waals surface area contributed by atoms with Crippen LogP contribution in [0, 0.1) is 6.92 Å². The molecule has 0 aliphatic carbocycles. The molecule has 2 rings (SSSR count). The Bertz CT molecular complexity index is 501. The summed E-state index contributed by atoms with van der Waals surface area (Å²) < 4.78 is 1.93. The number of aromatic nitrogens is 3. The molecule has 1 N–H and O–H groups in total. The number of pyridine rings is 1. The van der Waals surface area contributed by atoms with Crippen LogP contribution >= 0.6 is 0 Å². The second-order valence-electron chi connectivity index (χ2n) is 4.29. The first-order chi connectivity index (χ1) is 8.27. The Labute approximate surface area is 102 Å². The second kappa shape index (κ2) is 5.17. The Morgan fingerprint density at radius 1 is 1.29 bits per heavy atom. The van der Waals surface area contributed by atoms with E-state index in [2.05, 4.69) is 36.2 Å². The quantitative estimate of drug-likeness (QED) is 0.806. The summed E-state index contributed by atoms with van der Waals surface area (Å²) in [5.74, 6) is 0. The van der Waals surface area contributed by atoms with Crippen molar-refractivity contribution in [2.45, 2.75) is 40.2 Å². The van der Waals surface area contributed by atoms with Crippen LogP contribution in [0.3, 0.4) is 0 Å². The van der Waals surface area contributed by atoms with Crippen LogP contribution in [0.15, 0.2) is 12.4 Å². The molecule has 0 spiro atoms. The highest BCUT2D eigenvalue weighted by atomic mass is 15.3. The number of hydrogen-bond donors (Lipinski definition) is 1. The van der Waals surface area contributed by atoms with Crippen molar-refractivity contribution in [1.82, 2.24) is 14.8 Å². The molecular weight excluding hydrogens is 212 g/mol. The summed E-state index contributed by atoms with van der Waals surface area (Å²) in [6, 6.07) is 0. The van der Waals surface area contributed by atoms with Crippen molar-refractivity contribution in [3.63, 3.8) is 0 Å². The molecule has 0 aliphatic heterocycles. The van der Waals surface area contributed by atoms with Crippen LogP contribution in [0.25, 0.3) is 11.0 Å². The molecule has 0 unspecified atom stereocenters. The van der Waals surface area contributed by atoms with Crippen LogP contribution in [0.5, 0.6) is 0 Å². The number of unbranched alkanes of at least 4 members (excludes halogenated alkanes) is 1. The lowest BCUT2D eigenvalue weighted by Crippen LogP contribution is -2.04. The normalized spacial score (nSPS) is 11.0. The van der Waals surface area contributed by atoms with E-state index in [1.807, 2.05) is 17.1 Å². The van der Waals surface area contributed by atoms with Crippen molar-refractivity contribution < 1.29 is 0 Å². The average molecular weight is 232 g/mol. The van der Waals surface area contributed by atoms with Crippen LogP contribution in [0.2, 0.25) is 0 Å². The van der Waals surface area contributed by atoms with E-state index in [0.717, 1.165) is 24.1 Å². The van der Waals surface area contributed by atoms with Crippen LogP contribution in [0.4, 0.5) is 5.69 Å². The zero-order valence-electron chi connectivity index (χ0n) is 10.8. The van der Waals surface area contributed by atoms with E-state index >= 15 is 0 Å². The van der Waals surface area contributed by atoms with Crippen molar-refractivity contribution in [2.24, 2.45) is 0 Å². The molecule has 0 radical (unpaired) electrons. The summed E-state index contributed by atoms with van der Waals surface area (Å²) >= 11 is 0. The van der Waals surface area contributed by atoms with E-state index in [1.54, 1.807) is 0 Å². The Morgan fingerprint density at radius 3 is 2.82 bits per heavy atom. The fourth-order valence-electron chi connectivity index (χ4n) is 1.98. The maximum Gasteiger partial charge on any atom is 0.159 e. The second-order valence-corrected chi connectivity index (χ2v) is 4.29. The van der Waals surface area contributed by atoms with Crippen LogP contribution < -0.4 is 5.32 Å². The number of fused-ring (bicyclic) bond motifs is 1. The fourth-order valence-corrected chi connectivity index (χ4v) is 1.98. The van der Waals surface area contributed by atoms with Gasteiger partial charge in [0.2, 0.25) is 0 Å². The minimum Gasteiger partial charge on any atom is -0.384 e. The molecule has 0 bridgehead atoms. The van der Waals surface area contributed by atoms with E-state index in [4.69, 9.17) is 0 Å². The van der Waals surface area contributed by atoms with E-state index < -0.39 is 0 Å². The largest absolute Gasteiger partial charge is 0.384 e. The molecular formula is C13H20N4. The predicted octanol–water partition coefficient (Wildman–Crippen LogP) is 2.97. The van der Waals surface area contributed by atoms with Crippen LogP contribution in [-0.2, 0) is 6.54 Å². The molecule has 4 heteroatoms. The molecule has 17 heavy (non-hydrogen) atoms. The van der Waals surface area contributed by atoms with Gasteiger partial charge in [-0.25, -0.2) is 9.67 Å². The highest BCUT2D eigenvalue weighted by Crippen LogP contribution is 2.25. The molecule has 0 aromatic carbocycles. The van der Waals surface area contributed by atoms with Gasteiger partial charge >= 0.3 is 0 Å². The molecule has 0 aliphatic rings. The highest BCUT2D eigenvalue weighted by Gasteiger charge is 2.09. The number of hydrogen-bond acceptors (Lipinski definition) is 3. The van der Waals surface area contributed by atoms with Gasteiger partial charge in [-0.3, -0.25) is 0 Å². The molecule has 2 heterocycles. The predicted molar refractivity (Wildman–Crippen MR) is 71.3 cm³/mol. The Morgan fingerprint density at radius 2 is 2.12 bits per heavy atom. The molecule has 0 amide bonds. The Kier molecular flexibility index (Phi) is 3.61. The third-order valence-electron chi connectivity index (χ3n) is 2.99. The number of nitrogens with zero attached hydrogens (tertiary/aromatic N) is 3. The number of anilines is 1. The summed E-state index contributed by atoms with van der Waals surface area (Å²) in [5.41, 5.74) is 3.34. The third kappa shape index (κ3) is 2.25. The summed E-state index contributed by atoms with van der Waals surface area (Å²) in [4.78, 5) is 4.46. The topological polar surface area (TPSA) is 42.7 Å². The lowest BCUT2D eigenvalue weighted by molar-refractivity contribution is 0.676. The van der Waals surface area contributed by atoms with E-state index in [-0.39, 0.29) is 0 Å². The standard InChI is InChI=1S/C13H20N4/c1-4-6-7-14-12-10(3)8-15-13-11(12)9-16-17(13)5-2/h8-9H,4-7H2,1-3H3,(H,14,15). The summed E-state index contributed by atoms with van der Waals surface area (Å²) in [6.45, 7) is 8.23. The van der Waals surface area contributed by atoms with Gasteiger partial charge in [0.15, 0.2) is 5.65 Å². The molecule has 0 fully saturated rings. The zero-order valence-corrected chi connectivity index (χ0v) is 10.8. The number of aryl methyl sites for hydroxylation is 2. The molecule has 92 valence electrons. The third-order valence-corrected chi connectivity index (χ3v) is 2.99. The van der Waals surface area contributed by atoms with Gasteiger partial charge in [0, 0.05) is 19.3 Å². The SMILES string of the molecule is CCCCNc1c(C)cnc2c1cnn2CC. The van der Waals surface area contributed by atoms with Gasteiger partial charge in [-0.05, 0) is 25.8 Å². The van der Waals surface area contributed by atoms with Gasteiger partial charge in [-0.15, -0.1) is 0 Å². The maximum absolute atomic E-state index is 4.46. The highest BCUT2D eigenvalue weighted by molar-refractivity contribution is 5.90. The Balaban J connectivity index is 2.38. The number of rotatable bonds is 5. The van der Waals surface area contributed by atoms with Gasteiger partial charge in [0.25, 0.3) is 0 Å². The molecule has 0 atom stereocenters. The summed E-state index contributed by atoms with van der Waals surface area (Å²) in [5, 5.41) is 8.99. The van der Waals surface area contributed by atoms with Crippen molar-refractivity contribution in [3.05, 3.63) is 18.0 Å². The van der Waals surface area contributed by atoms with Crippen molar-refractivity contribution in [2.75, 3.05) is 11.9 Å². The van der Waals surface area contributed by atoms with Gasteiger partial charge in [0.05, 0.1) is 17.3 Å². The van der Waals surface area contributed by atoms with Gasteiger partial charge in [-0.2, -0.15) is 5.10 Å². The first-order valence-electron chi connectivity index (χ1n) is 6.32. The molecule has 2 aromatic rings. The minimum atomic E-state index is 0.855. The Hall–Kier alpha value is -1.58. The van der Waals surface area contributed by atoms with E-state index in [0.29, 0.717) is 0 Å². The van der Waals surface area contributed by atoms with Gasteiger partial charge in [0.1, 0.15) is 0 Å². The monoisotopic (exact) mass is 232 g/mol. The molecule has 0 saturated carbocycles. The van der Waals surface area contributed by atoms with Gasteiger partial charge < -0.3 is 5.32 Å². The molecule has 4 nitrogen and oxygen atoms in total. The smallest absolute Gasteiger partial charge is 0.159 e. The van der Waals surface area contributed by atoms with Crippen molar-refractivity contribution in [1.29, 1.82) is 0 Å². The van der Waals surface area contributed by atoms with Crippen LogP contribution in [-0.4, -0.2) is 21.3 Å². The van der Waals surface area contributed by atoms with E-state index in [9.17, 15) is 0 Å². The first kappa shape index (κ1) is 11.9. The van der Waals surface area contributed by atoms with Crippen molar-refractivity contribution in [3.8, 4) is 0 Å². The zero-order chi connectivity index (χ0) is 12.3.